The van der Waals surface area contributed by atoms with E-state index >= 15 is 0 Å². The highest BCUT2D eigenvalue weighted by Crippen LogP contribution is 2.26. The number of carbonyl (C=O) groups excluding carboxylic acids is 2. The molecule has 0 atom stereocenters. The summed E-state index contributed by atoms with van der Waals surface area (Å²) in [6, 6.07) is 12.0. The number of phenolic OH excluding ortho intramolecular Hbond substituents is 1. The summed E-state index contributed by atoms with van der Waals surface area (Å²) in [5, 5.41) is 20.4. The lowest BCUT2D eigenvalue weighted by Crippen LogP contribution is -2.50. The van der Waals surface area contributed by atoms with Gasteiger partial charge in [0, 0.05) is 82.6 Å². The van der Waals surface area contributed by atoms with E-state index in [0.717, 1.165) is 63.5 Å². The van der Waals surface area contributed by atoms with Gasteiger partial charge in [-0.05, 0) is 81.3 Å². The fraction of sp³-hybridized carbons (Fsp3) is 0.444. The van der Waals surface area contributed by atoms with Gasteiger partial charge in [0.15, 0.2) is 5.75 Å². The van der Waals surface area contributed by atoms with Crippen molar-refractivity contribution in [2.75, 3.05) is 63.8 Å². The van der Waals surface area contributed by atoms with Crippen LogP contribution >= 0.6 is 0 Å². The number of aromatic hydroxyl groups is 1. The molecule has 2 aromatic rings. The zero-order valence-electron chi connectivity index (χ0n) is 28.0. The molecular formula is C36H47N5O6. The van der Waals surface area contributed by atoms with E-state index in [2.05, 4.69) is 28.2 Å². The van der Waals surface area contributed by atoms with Gasteiger partial charge in [-0.15, -0.1) is 6.58 Å². The molecule has 0 aromatic heterocycles. The van der Waals surface area contributed by atoms with Crippen LogP contribution in [-0.4, -0.2) is 101 Å². The number of hydrogen-bond acceptors (Lipinski definition) is 8. The molecule has 0 aliphatic carbocycles. The van der Waals surface area contributed by atoms with E-state index in [1.54, 1.807) is 23.1 Å². The van der Waals surface area contributed by atoms with Gasteiger partial charge in [0.2, 0.25) is 5.91 Å². The van der Waals surface area contributed by atoms with Gasteiger partial charge in [0.05, 0.1) is 4.92 Å². The SMILES string of the molecule is C=CCN1CCN(C(=O)CCC)CC1.CC(C)(C)OC(=O)N1CCN(c2ccc(C#C/C=C/c3ccc([N+](=O)[O-])c(O)c3)cc2)CC1. The maximum Gasteiger partial charge on any atom is 0.410 e. The molecule has 11 heteroatoms. The lowest BCUT2D eigenvalue weighted by atomic mass is 10.1. The first-order chi connectivity index (χ1) is 22.4. The van der Waals surface area contributed by atoms with E-state index in [1.165, 1.54) is 12.1 Å². The van der Waals surface area contributed by atoms with Crippen LogP contribution in [0.4, 0.5) is 16.2 Å². The summed E-state index contributed by atoms with van der Waals surface area (Å²) in [7, 11) is 0. The standard InChI is InChI=1S/C25H27N3O5.C11H20N2O/c1-25(2,3)33-24(30)27-16-14-26(15-17-27)21-11-8-19(9-12-21)6-4-5-7-20-10-13-22(28(31)32)23(29)18-20;1-3-5-11(14)13-9-7-12(6-4-2)8-10-13/h5,7-13,18,29H,14-17H2,1-3H3;4H,2-3,5-10H2,1H3/b7-5+;. The van der Waals surface area contributed by atoms with Gasteiger partial charge >= 0.3 is 11.8 Å². The summed E-state index contributed by atoms with van der Waals surface area (Å²) in [5.41, 5.74) is 1.71. The zero-order valence-corrected chi connectivity index (χ0v) is 28.0. The fourth-order valence-electron chi connectivity index (χ4n) is 5.03. The first kappa shape index (κ1) is 36.6. The number of phenols is 1. The van der Waals surface area contributed by atoms with Gasteiger partial charge in [0.1, 0.15) is 5.60 Å². The number of nitro groups is 1. The Morgan fingerprint density at radius 3 is 2.19 bits per heavy atom. The van der Waals surface area contributed by atoms with Crippen molar-refractivity contribution in [3.63, 3.8) is 0 Å². The topological polar surface area (TPSA) is 120 Å². The van der Waals surface area contributed by atoms with Crippen molar-refractivity contribution in [1.82, 2.24) is 14.7 Å². The molecular weight excluding hydrogens is 598 g/mol. The summed E-state index contributed by atoms with van der Waals surface area (Å²) in [5.74, 6) is 5.90. The third kappa shape index (κ3) is 12.1. The minimum atomic E-state index is -0.632. The Hall–Kier alpha value is -4.82. The predicted molar refractivity (Wildman–Crippen MR) is 185 cm³/mol. The van der Waals surface area contributed by atoms with E-state index in [0.29, 0.717) is 31.0 Å². The second-order valence-corrected chi connectivity index (χ2v) is 12.3. The Labute approximate surface area is 278 Å². The summed E-state index contributed by atoms with van der Waals surface area (Å²) < 4.78 is 5.44. The molecule has 0 bridgehead atoms. The molecule has 0 spiro atoms. The number of amides is 2. The van der Waals surface area contributed by atoms with E-state index in [4.69, 9.17) is 4.74 Å². The molecule has 2 amide bonds. The van der Waals surface area contributed by atoms with Crippen molar-refractivity contribution in [2.45, 2.75) is 46.1 Å². The van der Waals surface area contributed by atoms with Crippen LogP contribution in [0, 0.1) is 22.0 Å². The minimum Gasteiger partial charge on any atom is -0.502 e. The number of benzene rings is 2. The average molecular weight is 646 g/mol. The number of rotatable bonds is 7. The molecule has 2 aliphatic rings. The van der Waals surface area contributed by atoms with E-state index in [-0.39, 0.29) is 17.5 Å². The van der Waals surface area contributed by atoms with E-state index in [9.17, 15) is 24.8 Å². The monoisotopic (exact) mass is 645 g/mol. The zero-order chi connectivity index (χ0) is 34.4. The average Bonchev–Trinajstić information content (AvgIpc) is 3.03. The molecule has 2 aliphatic heterocycles. The van der Waals surface area contributed by atoms with Crippen molar-refractivity contribution >= 4 is 29.5 Å². The largest absolute Gasteiger partial charge is 0.502 e. The van der Waals surface area contributed by atoms with Crippen molar-refractivity contribution in [3.8, 4) is 17.6 Å². The number of allylic oxidation sites excluding steroid dienone is 1. The lowest BCUT2D eigenvalue weighted by Gasteiger charge is -2.36. The molecule has 2 aromatic carbocycles. The highest BCUT2D eigenvalue weighted by Gasteiger charge is 2.26. The Morgan fingerprint density at radius 2 is 1.64 bits per heavy atom. The first-order valence-corrected chi connectivity index (χ1v) is 16.0. The smallest absolute Gasteiger partial charge is 0.410 e. The number of nitrogens with zero attached hydrogens (tertiary/aromatic N) is 5. The molecule has 0 unspecified atom stereocenters. The van der Waals surface area contributed by atoms with Crippen LogP contribution in [0.5, 0.6) is 5.75 Å². The normalized spacial score (nSPS) is 15.3. The molecule has 2 heterocycles. The van der Waals surface area contributed by atoms with Gasteiger partial charge < -0.3 is 24.5 Å². The molecule has 0 radical (unpaired) electrons. The van der Waals surface area contributed by atoms with Crippen molar-refractivity contribution in [2.24, 2.45) is 0 Å². The van der Waals surface area contributed by atoms with Crippen LogP contribution in [0.1, 0.15) is 51.7 Å². The molecule has 4 rings (SSSR count). The van der Waals surface area contributed by atoms with Crippen LogP contribution in [-0.2, 0) is 9.53 Å². The van der Waals surface area contributed by atoms with Gasteiger partial charge in [-0.25, -0.2) is 4.79 Å². The molecule has 252 valence electrons. The number of carbonyl (C=O) groups is 2. The predicted octanol–water partition coefficient (Wildman–Crippen LogP) is 5.54. The van der Waals surface area contributed by atoms with Gasteiger partial charge in [-0.2, -0.15) is 0 Å². The first-order valence-electron chi connectivity index (χ1n) is 16.0. The Kier molecular flexibility index (Phi) is 13.8. The Bertz CT molecular complexity index is 1460. The molecule has 0 saturated carbocycles. The summed E-state index contributed by atoms with van der Waals surface area (Å²) in [6.45, 7) is 18.7. The Balaban J connectivity index is 0.000000358. The van der Waals surface area contributed by atoms with Crippen LogP contribution in [0.3, 0.4) is 0 Å². The van der Waals surface area contributed by atoms with Crippen molar-refractivity contribution < 1.29 is 24.4 Å². The summed E-state index contributed by atoms with van der Waals surface area (Å²) in [4.78, 5) is 42.1. The number of piperazine rings is 2. The molecule has 2 fully saturated rings. The quantitative estimate of drug-likeness (QED) is 0.181. The van der Waals surface area contributed by atoms with Crippen LogP contribution in [0.15, 0.2) is 61.2 Å². The van der Waals surface area contributed by atoms with E-state index in [1.807, 2.05) is 62.9 Å². The van der Waals surface area contributed by atoms with Gasteiger partial charge in [-0.3, -0.25) is 19.8 Å². The van der Waals surface area contributed by atoms with Crippen LogP contribution in [0.2, 0.25) is 0 Å². The maximum atomic E-state index is 12.2. The number of nitro benzene ring substituents is 1. The van der Waals surface area contributed by atoms with Gasteiger partial charge in [-0.1, -0.05) is 24.8 Å². The summed E-state index contributed by atoms with van der Waals surface area (Å²) in [6.07, 6.45) is 6.60. The maximum absolute atomic E-state index is 12.2. The van der Waals surface area contributed by atoms with Gasteiger partial charge in [0.25, 0.3) is 0 Å². The molecule has 2 saturated heterocycles. The third-order valence-electron chi connectivity index (χ3n) is 7.51. The highest BCUT2D eigenvalue weighted by atomic mass is 16.6. The third-order valence-corrected chi connectivity index (χ3v) is 7.51. The molecule has 11 nitrogen and oxygen atoms in total. The minimum absolute atomic E-state index is 0.273. The molecule has 1 N–H and O–H groups in total. The summed E-state index contributed by atoms with van der Waals surface area (Å²) >= 11 is 0. The fourth-order valence-corrected chi connectivity index (χ4v) is 5.03. The number of anilines is 1. The van der Waals surface area contributed by atoms with Crippen molar-refractivity contribution in [1.29, 1.82) is 0 Å². The second kappa shape index (κ2) is 17.8. The highest BCUT2D eigenvalue weighted by molar-refractivity contribution is 5.76. The second-order valence-electron chi connectivity index (χ2n) is 12.3. The van der Waals surface area contributed by atoms with Crippen LogP contribution < -0.4 is 4.90 Å². The Morgan fingerprint density at radius 1 is 1.00 bits per heavy atom. The molecule has 47 heavy (non-hydrogen) atoms. The lowest BCUT2D eigenvalue weighted by molar-refractivity contribution is -0.385. The number of ether oxygens (including phenoxy) is 1. The van der Waals surface area contributed by atoms with E-state index < -0.39 is 10.5 Å². The number of hydrogen-bond donors (Lipinski definition) is 1. The van der Waals surface area contributed by atoms with Crippen LogP contribution in [0.25, 0.3) is 6.08 Å². The van der Waals surface area contributed by atoms with Crippen molar-refractivity contribution in [3.05, 3.63) is 82.4 Å².